The zero-order valence-electron chi connectivity index (χ0n) is 16.3. The minimum absolute atomic E-state index is 0.0450. The predicted molar refractivity (Wildman–Crippen MR) is 116 cm³/mol. The summed E-state index contributed by atoms with van der Waals surface area (Å²) in [7, 11) is 3.17. The van der Waals surface area contributed by atoms with Crippen LogP contribution in [0.1, 0.15) is 11.1 Å². The van der Waals surface area contributed by atoms with Gasteiger partial charge in [0.15, 0.2) is 0 Å². The highest BCUT2D eigenvalue weighted by molar-refractivity contribution is 9.10. The number of hydrogen-bond acceptors (Lipinski definition) is 8. The second-order valence-electron chi connectivity index (χ2n) is 6.02. The summed E-state index contributed by atoms with van der Waals surface area (Å²) in [4.78, 5) is 12.4. The summed E-state index contributed by atoms with van der Waals surface area (Å²) < 4.78 is 44.7. The average Bonchev–Trinajstić information content (AvgIpc) is 2.73. The maximum Gasteiger partial charge on any atom is 0.416 e. The minimum atomic E-state index is -4.45. The van der Waals surface area contributed by atoms with Gasteiger partial charge in [-0.25, -0.2) is 5.43 Å². The van der Waals surface area contributed by atoms with E-state index in [0.717, 1.165) is 22.2 Å². The number of halogens is 4. The van der Waals surface area contributed by atoms with E-state index in [4.69, 9.17) is 4.74 Å². The highest BCUT2D eigenvalue weighted by Gasteiger charge is 2.30. The number of aromatic nitrogens is 3. The molecular formula is C19H17BrF3N7O. The third-order valence-corrected chi connectivity index (χ3v) is 4.48. The van der Waals surface area contributed by atoms with E-state index in [2.05, 4.69) is 52.0 Å². The lowest BCUT2D eigenvalue weighted by molar-refractivity contribution is -0.137. The van der Waals surface area contributed by atoms with E-state index in [1.54, 1.807) is 26.4 Å². The molecule has 0 bridgehead atoms. The summed E-state index contributed by atoms with van der Waals surface area (Å²) in [6.45, 7) is 0. The van der Waals surface area contributed by atoms with Gasteiger partial charge in [-0.3, -0.25) is 0 Å². The molecule has 3 rings (SSSR count). The van der Waals surface area contributed by atoms with Crippen LogP contribution in [0.4, 0.5) is 36.7 Å². The molecule has 3 aromatic rings. The molecule has 0 amide bonds. The number of methoxy groups -OCH3 is 1. The van der Waals surface area contributed by atoms with E-state index < -0.39 is 11.7 Å². The van der Waals surface area contributed by atoms with Crippen molar-refractivity contribution in [1.82, 2.24) is 15.0 Å². The van der Waals surface area contributed by atoms with E-state index in [0.29, 0.717) is 5.75 Å². The van der Waals surface area contributed by atoms with Crippen LogP contribution in [-0.2, 0) is 6.18 Å². The molecule has 0 aliphatic heterocycles. The van der Waals surface area contributed by atoms with Crippen molar-refractivity contribution in [3.63, 3.8) is 0 Å². The number of benzene rings is 2. The Bertz CT molecular complexity index is 1090. The fourth-order valence-electron chi connectivity index (χ4n) is 2.42. The summed E-state index contributed by atoms with van der Waals surface area (Å²) in [5.41, 5.74) is 2.86. The van der Waals surface area contributed by atoms with E-state index in [1.165, 1.54) is 12.1 Å². The van der Waals surface area contributed by atoms with Crippen LogP contribution in [0.2, 0.25) is 0 Å². The van der Waals surface area contributed by atoms with Crippen LogP contribution in [0.3, 0.4) is 0 Å². The number of ether oxygens (including phenoxy) is 1. The highest BCUT2D eigenvalue weighted by atomic mass is 79.9. The fourth-order valence-corrected chi connectivity index (χ4v) is 2.98. The zero-order valence-corrected chi connectivity index (χ0v) is 17.9. The molecule has 0 saturated carbocycles. The van der Waals surface area contributed by atoms with E-state index in [1.807, 2.05) is 12.1 Å². The van der Waals surface area contributed by atoms with Crippen molar-refractivity contribution >= 4 is 45.7 Å². The van der Waals surface area contributed by atoms with Crippen LogP contribution in [0.5, 0.6) is 5.75 Å². The Kier molecular flexibility index (Phi) is 6.90. The lowest BCUT2D eigenvalue weighted by Crippen LogP contribution is -2.08. The molecule has 162 valence electrons. The van der Waals surface area contributed by atoms with E-state index in [-0.39, 0.29) is 23.5 Å². The molecule has 0 aliphatic carbocycles. The number of hydrogen-bond donors (Lipinski definition) is 3. The van der Waals surface area contributed by atoms with E-state index >= 15 is 0 Å². The van der Waals surface area contributed by atoms with Crippen molar-refractivity contribution in [2.24, 2.45) is 5.10 Å². The molecule has 0 aliphatic rings. The highest BCUT2D eigenvalue weighted by Crippen LogP contribution is 2.31. The SMILES string of the molecule is CNc1nc(N/N=C\c2ccc(OC)c(Br)c2)nc(Nc2cccc(C(F)(F)F)c2)n1. The van der Waals surface area contributed by atoms with Crippen LogP contribution >= 0.6 is 15.9 Å². The quantitative estimate of drug-likeness (QED) is 0.317. The molecule has 12 heteroatoms. The molecule has 1 heterocycles. The molecule has 0 spiro atoms. The molecule has 0 unspecified atom stereocenters. The molecule has 0 radical (unpaired) electrons. The summed E-state index contributed by atoms with van der Waals surface area (Å²) in [6.07, 6.45) is -2.91. The molecule has 1 aromatic heterocycles. The lowest BCUT2D eigenvalue weighted by Gasteiger charge is -2.11. The standard InChI is InChI=1S/C19H17BrF3N7O/c1-24-16-27-17(26-13-5-3-4-12(9-13)19(21,22)23)29-18(28-16)30-25-10-11-6-7-15(31-2)14(20)8-11/h3-10H,1-2H3,(H3,24,26,27,28,29,30)/b25-10-. The summed E-state index contributed by atoms with van der Waals surface area (Å²) in [5, 5.41) is 9.59. The van der Waals surface area contributed by atoms with Crippen molar-refractivity contribution in [3.8, 4) is 5.75 Å². The van der Waals surface area contributed by atoms with Crippen LogP contribution in [-0.4, -0.2) is 35.3 Å². The third kappa shape index (κ3) is 6.04. The molecule has 0 saturated heterocycles. The summed E-state index contributed by atoms with van der Waals surface area (Å²) in [6, 6.07) is 10.1. The van der Waals surface area contributed by atoms with Gasteiger partial charge in [0.25, 0.3) is 0 Å². The smallest absolute Gasteiger partial charge is 0.416 e. The van der Waals surface area contributed by atoms with E-state index in [9.17, 15) is 13.2 Å². The summed E-state index contributed by atoms with van der Waals surface area (Å²) in [5.74, 6) is 1.03. The monoisotopic (exact) mass is 495 g/mol. The van der Waals surface area contributed by atoms with Crippen molar-refractivity contribution in [2.45, 2.75) is 6.18 Å². The molecule has 31 heavy (non-hydrogen) atoms. The number of anilines is 4. The Morgan fingerprint density at radius 3 is 2.45 bits per heavy atom. The van der Waals surface area contributed by atoms with Crippen LogP contribution < -0.4 is 20.8 Å². The third-order valence-electron chi connectivity index (χ3n) is 3.86. The van der Waals surface area contributed by atoms with Gasteiger partial charge in [-0.05, 0) is 57.9 Å². The van der Waals surface area contributed by atoms with Gasteiger partial charge < -0.3 is 15.4 Å². The number of nitrogens with zero attached hydrogens (tertiary/aromatic N) is 4. The van der Waals surface area contributed by atoms with Gasteiger partial charge in [0, 0.05) is 12.7 Å². The van der Waals surface area contributed by atoms with Crippen molar-refractivity contribution in [1.29, 1.82) is 0 Å². The first-order valence-corrected chi connectivity index (χ1v) is 9.58. The van der Waals surface area contributed by atoms with Crippen LogP contribution in [0, 0.1) is 0 Å². The minimum Gasteiger partial charge on any atom is -0.496 e. The maximum absolute atomic E-state index is 12.9. The van der Waals surface area contributed by atoms with Crippen molar-refractivity contribution in [3.05, 3.63) is 58.1 Å². The molecule has 3 N–H and O–H groups in total. The molecule has 0 atom stereocenters. The van der Waals surface area contributed by atoms with Gasteiger partial charge in [0.2, 0.25) is 17.8 Å². The first-order chi connectivity index (χ1) is 14.8. The van der Waals surface area contributed by atoms with Crippen LogP contribution in [0.15, 0.2) is 52.0 Å². The Balaban J connectivity index is 1.77. The van der Waals surface area contributed by atoms with Crippen molar-refractivity contribution < 1.29 is 17.9 Å². The number of alkyl halides is 3. The van der Waals surface area contributed by atoms with Gasteiger partial charge in [0.1, 0.15) is 5.75 Å². The fraction of sp³-hybridized carbons (Fsp3) is 0.158. The number of hydrazone groups is 1. The Morgan fingerprint density at radius 2 is 1.77 bits per heavy atom. The molecular weight excluding hydrogens is 479 g/mol. The lowest BCUT2D eigenvalue weighted by atomic mass is 10.2. The van der Waals surface area contributed by atoms with Crippen molar-refractivity contribution in [2.75, 3.05) is 30.2 Å². The Morgan fingerprint density at radius 1 is 1.03 bits per heavy atom. The first kappa shape index (κ1) is 22.3. The maximum atomic E-state index is 12.9. The largest absolute Gasteiger partial charge is 0.496 e. The normalized spacial score (nSPS) is 11.4. The zero-order chi connectivity index (χ0) is 22.4. The van der Waals surface area contributed by atoms with Gasteiger partial charge in [0.05, 0.1) is 23.4 Å². The van der Waals surface area contributed by atoms with Gasteiger partial charge in [-0.1, -0.05) is 6.07 Å². The second kappa shape index (κ2) is 9.60. The summed E-state index contributed by atoms with van der Waals surface area (Å²) >= 11 is 3.39. The topological polar surface area (TPSA) is 96.4 Å². The molecule has 2 aromatic carbocycles. The first-order valence-electron chi connectivity index (χ1n) is 8.79. The van der Waals surface area contributed by atoms with Gasteiger partial charge >= 0.3 is 6.18 Å². The predicted octanol–water partition coefficient (Wildman–Crippen LogP) is 4.89. The average molecular weight is 496 g/mol. The molecule has 8 nitrogen and oxygen atoms in total. The Labute approximate surface area is 184 Å². The second-order valence-corrected chi connectivity index (χ2v) is 6.88. The Hall–Kier alpha value is -3.41. The number of rotatable bonds is 7. The van der Waals surface area contributed by atoms with Gasteiger partial charge in [-0.2, -0.15) is 33.2 Å². The molecule has 0 fully saturated rings. The van der Waals surface area contributed by atoms with Gasteiger partial charge in [-0.15, -0.1) is 0 Å². The van der Waals surface area contributed by atoms with Crippen LogP contribution in [0.25, 0.3) is 0 Å². The number of nitrogens with one attached hydrogen (secondary N) is 3.